The van der Waals surface area contributed by atoms with E-state index in [1.165, 1.54) is 11.1 Å². The maximum Gasteiger partial charge on any atom is 0.205 e. The van der Waals surface area contributed by atoms with E-state index in [4.69, 9.17) is 14.5 Å². The van der Waals surface area contributed by atoms with E-state index in [9.17, 15) is 0 Å². The van der Waals surface area contributed by atoms with Gasteiger partial charge in [0.1, 0.15) is 5.75 Å². The number of hydrogen-bond donors (Lipinski definition) is 1. The van der Waals surface area contributed by atoms with Crippen molar-refractivity contribution < 1.29 is 9.47 Å². The Labute approximate surface area is 160 Å². The van der Waals surface area contributed by atoms with Crippen LogP contribution in [0, 0.1) is 13.8 Å². The van der Waals surface area contributed by atoms with Crippen LogP contribution in [0.15, 0.2) is 46.6 Å². The average molecular weight is 362 g/mol. The summed E-state index contributed by atoms with van der Waals surface area (Å²) in [5.41, 5.74) is 10.0. The van der Waals surface area contributed by atoms with Crippen LogP contribution in [0.5, 0.6) is 5.75 Å². The highest BCUT2D eigenvalue weighted by atomic mass is 16.7. The molecule has 0 aliphatic carbocycles. The number of nitrogens with zero attached hydrogens (tertiary/aromatic N) is 1. The summed E-state index contributed by atoms with van der Waals surface area (Å²) in [6, 6.07) is 8.51. The molecule has 2 aromatic rings. The zero-order chi connectivity index (χ0) is 19.3. The fourth-order valence-corrected chi connectivity index (χ4v) is 3.81. The number of benzene rings is 1. The first kappa shape index (κ1) is 17.8. The van der Waals surface area contributed by atoms with Crippen LogP contribution in [0.4, 0.5) is 0 Å². The second-order valence-electron chi connectivity index (χ2n) is 7.93. The maximum atomic E-state index is 5.97. The standard InChI is InChI=1S/C23H26N2O2/c1-13-9-15(3)24-21(13)20(22-14(2)10-16(4)25-22)17-7-8-19-18(11-17)12-26-23(5,6)27-19/h7-11,24H,12H2,1-6H3/b22-20-. The molecular weight excluding hydrogens is 336 g/mol. The summed E-state index contributed by atoms with van der Waals surface area (Å²) in [7, 11) is 0. The van der Waals surface area contributed by atoms with E-state index in [1.54, 1.807) is 0 Å². The number of nitrogens with one attached hydrogen (secondary N) is 1. The highest BCUT2D eigenvalue weighted by molar-refractivity contribution is 6.01. The van der Waals surface area contributed by atoms with E-state index in [-0.39, 0.29) is 0 Å². The fourth-order valence-electron chi connectivity index (χ4n) is 3.81. The van der Waals surface area contributed by atoms with Crippen molar-refractivity contribution in [3.63, 3.8) is 0 Å². The Bertz CT molecular complexity index is 1020. The van der Waals surface area contributed by atoms with Crippen molar-refractivity contribution in [2.45, 2.75) is 53.9 Å². The number of allylic oxidation sites excluding steroid dienone is 2. The third kappa shape index (κ3) is 3.26. The normalized spacial score (nSPS) is 19.9. The minimum Gasteiger partial charge on any atom is -0.463 e. The largest absolute Gasteiger partial charge is 0.463 e. The molecule has 0 atom stereocenters. The molecule has 1 aromatic heterocycles. The number of hydrogen-bond acceptors (Lipinski definition) is 3. The quantitative estimate of drug-likeness (QED) is 0.771. The van der Waals surface area contributed by atoms with Gasteiger partial charge in [0.05, 0.1) is 18.0 Å². The summed E-state index contributed by atoms with van der Waals surface area (Å²) in [5, 5.41) is 0. The lowest BCUT2D eigenvalue weighted by Gasteiger charge is -2.32. The van der Waals surface area contributed by atoms with Gasteiger partial charge in [-0.1, -0.05) is 6.07 Å². The molecule has 4 nitrogen and oxygen atoms in total. The molecule has 1 N–H and O–H groups in total. The number of H-pyrrole nitrogens is 1. The molecule has 4 heteroatoms. The van der Waals surface area contributed by atoms with Crippen LogP contribution in [-0.4, -0.2) is 16.5 Å². The zero-order valence-electron chi connectivity index (χ0n) is 16.9. The molecule has 3 heterocycles. The molecule has 0 saturated carbocycles. The van der Waals surface area contributed by atoms with Crippen molar-refractivity contribution >= 4 is 11.3 Å². The van der Waals surface area contributed by atoms with Gasteiger partial charge in [-0.15, -0.1) is 0 Å². The minimum atomic E-state index is -0.588. The third-order valence-corrected chi connectivity index (χ3v) is 5.00. The van der Waals surface area contributed by atoms with Crippen molar-refractivity contribution in [1.82, 2.24) is 4.98 Å². The minimum absolute atomic E-state index is 0.540. The zero-order valence-corrected chi connectivity index (χ0v) is 16.9. The summed E-state index contributed by atoms with van der Waals surface area (Å²) >= 11 is 0. The summed E-state index contributed by atoms with van der Waals surface area (Å²) < 4.78 is 11.8. The van der Waals surface area contributed by atoms with E-state index in [1.807, 2.05) is 26.8 Å². The van der Waals surface area contributed by atoms with Crippen LogP contribution in [0.1, 0.15) is 55.8 Å². The number of rotatable bonds is 2. The molecule has 2 aliphatic rings. The topological polar surface area (TPSA) is 46.6 Å². The number of aryl methyl sites for hydroxylation is 2. The van der Waals surface area contributed by atoms with Gasteiger partial charge in [0.25, 0.3) is 0 Å². The van der Waals surface area contributed by atoms with E-state index < -0.39 is 5.79 Å². The SMILES string of the molecule is CC1=CC(C)=N/C1=C(/c1ccc2c(c1)COC(C)(C)O2)c1[nH]c(C)cc1C. The second kappa shape index (κ2) is 6.24. The van der Waals surface area contributed by atoms with Crippen molar-refractivity contribution in [3.8, 4) is 5.75 Å². The Morgan fingerprint density at radius 2 is 1.89 bits per heavy atom. The molecule has 0 bridgehead atoms. The Morgan fingerprint density at radius 1 is 1.11 bits per heavy atom. The van der Waals surface area contributed by atoms with Crippen LogP contribution in [0.2, 0.25) is 0 Å². The number of aromatic amines is 1. The molecule has 0 saturated heterocycles. The Morgan fingerprint density at radius 3 is 2.52 bits per heavy atom. The molecule has 0 radical (unpaired) electrons. The predicted octanol–water partition coefficient (Wildman–Crippen LogP) is 5.46. The van der Waals surface area contributed by atoms with Crippen LogP contribution in [0.3, 0.4) is 0 Å². The van der Waals surface area contributed by atoms with Gasteiger partial charge in [-0.3, -0.25) is 4.99 Å². The first-order chi connectivity index (χ1) is 12.7. The molecule has 27 heavy (non-hydrogen) atoms. The smallest absolute Gasteiger partial charge is 0.205 e. The molecule has 0 unspecified atom stereocenters. The van der Waals surface area contributed by atoms with Gasteiger partial charge in [-0.05, 0) is 68.7 Å². The molecule has 4 rings (SSSR count). The fraction of sp³-hybridized carbons (Fsp3) is 0.348. The van der Waals surface area contributed by atoms with Gasteiger partial charge in [-0.2, -0.15) is 0 Å². The van der Waals surface area contributed by atoms with E-state index >= 15 is 0 Å². The lowest BCUT2D eigenvalue weighted by Crippen LogP contribution is -2.35. The first-order valence-electron chi connectivity index (χ1n) is 9.34. The Hall–Kier alpha value is -2.59. The van der Waals surface area contributed by atoms with Gasteiger partial charge >= 0.3 is 0 Å². The molecule has 2 aliphatic heterocycles. The van der Waals surface area contributed by atoms with Gasteiger partial charge in [-0.25, -0.2) is 0 Å². The molecule has 0 spiro atoms. The maximum absolute atomic E-state index is 5.97. The molecule has 1 aromatic carbocycles. The highest BCUT2D eigenvalue weighted by Crippen LogP contribution is 2.38. The van der Waals surface area contributed by atoms with E-state index in [2.05, 4.69) is 50.0 Å². The lowest BCUT2D eigenvalue weighted by molar-refractivity contribution is -0.180. The summed E-state index contributed by atoms with van der Waals surface area (Å²) in [5.74, 6) is 0.298. The van der Waals surface area contributed by atoms with Crippen LogP contribution < -0.4 is 4.74 Å². The van der Waals surface area contributed by atoms with Crippen LogP contribution in [-0.2, 0) is 11.3 Å². The van der Waals surface area contributed by atoms with Gasteiger partial charge in [0.2, 0.25) is 5.79 Å². The summed E-state index contributed by atoms with van der Waals surface area (Å²) in [6.07, 6.45) is 2.13. The van der Waals surface area contributed by atoms with Crippen molar-refractivity contribution in [2.75, 3.05) is 0 Å². The molecule has 0 fully saturated rings. The van der Waals surface area contributed by atoms with E-state index in [0.29, 0.717) is 6.61 Å². The monoisotopic (exact) mass is 362 g/mol. The van der Waals surface area contributed by atoms with Crippen LogP contribution in [0.25, 0.3) is 5.57 Å². The van der Waals surface area contributed by atoms with Crippen molar-refractivity contribution in [3.05, 3.63) is 69.7 Å². The number of fused-ring (bicyclic) bond motifs is 1. The summed E-state index contributed by atoms with van der Waals surface area (Å²) in [4.78, 5) is 8.36. The average Bonchev–Trinajstić information content (AvgIpc) is 3.08. The van der Waals surface area contributed by atoms with Gasteiger partial charge in [0.15, 0.2) is 0 Å². The molecular formula is C23H26N2O2. The predicted molar refractivity (Wildman–Crippen MR) is 109 cm³/mol. The van der Waals surface area contributed by atoms with Crippen molar-refractivity contribution in [2.24, 2.45) is 4.99 Å². The number of aromatic nitrogens is 1. The first-order valence-corrected chi connectivity index (χ1v) is 9.34. The molecule has 140 valence electrons. The van der Waals surface area contributed by atoms with Crippen LogP contribution >= 0.6 is 0 Å². The molecule has 0 amide bonds. The Kier molecular flexibility index (Phi) is 4.11. The Balaban J connectivity index is 1.90. The third-order valence-electron chi connectivity index (χ3n) is 5.00. The summed E-state index contributed by atoms with van der Waals surface area (Å²) in [6.45, 7) is 12.8. The highest BCUT2D eigenvalue weighted by Gasteiger charge is 2.28. The van der Waals surface area contributed by atoms with Crippen molar-refractivity contribution in [1.29, 1.82) is 0 Å². The van der Waals surface area contributed by atoms with Gasteiger partial charge < -0.3 is 14.5 Å². The van der Waals surface area contributed by atoms with Gasteiger partial charge in [0, 0.05) is 36.4 Å². The number of ether oxygens (including phenoxy) is 2. The lowest BCUT2D eigenvalue weighted by atomic mass is 9.94. The second-order valence-corrected chi connectivity index (χ2v) is 7.93. The number of aliphatic imine (C=N–C) groups is 1. The van der Waals surface area contributed by atoms with E-state index in [0.717, 1.165) is 45.2 Å².